The maximum Gasteiger partial charge on any atom is 0.269 e. The summed E-state index contributed by atoms with van der Waals surface area (Å²) >= 11 is 0. The molecule has 1 heterocycles. The summed E-state index contributed by atoms with van der Waals surface area (Å²) in [6, 6.07) is 7.30. The molecule has 5 heteroatoms. The minimum Gasteiger partial charge on any atom is -0.390 e. The fourth-order valence-electron chi connectivity index (χ4n) is 1.59. The highest BCUT2D eigenvalue weighted by molar-refractivity contribution is 5.74. The molecular formula is C11H13N3O2. The van der Waals surface area contributed by atoms with Crippen molar-refractivity contribution in [1.29, 1.82) is 0 Å². The number of hydrogen-bond acceptors (Lipinski definition) is 4. The molecule has 0 aliphatic heterocycles. The van der Waals surface area contributed by atoms with Gasteiger partial charge < -0.3 is 15.4 Å². The Morgan fingerprint density at radius 2 is 2.19 bits per heavy atom. The van der Waals surface area contributed by atoms with E-state index in [0.29, 0.717) is 5.52 Å². The number of nitrogens with zero attached hydrogens (tertiary/aromatic N) is 2. The van der Waals surface area contributed by atoms with Crippen molar-refractivity contribution in [3.05, 3.63) is 40.8 Å². The molecule has 1 aromatic carbocycles. The predicted molar refractivity (Wildman–Crippen MR) is 61.1 cm³/mol. The van der Waals surface area contributed by atoms with Gasteiger partial charge in [-0.3, -0.25) is 4.79 Å². The van der Waals surface area contributed by atoms with Crippen LogP contribution in [0.25, 0.3) is 11.0 Å². The number of aliphatic hydroxyl groups is 1. The number of fused-ring (bicyclic) bond motifs is 1. The molecule has 2 rings (SSSR count). The second kappa shape index (κ2) is 4.42. The van der Waals surface area contributed by atoms with Crippen LogP contribution in [-0.4, -0.2) is 27.3 Å². The predicted octanol–water partition coefficient (Wildman–Crippen LogP) is -0.284. The van der Waals surface area contributed by atoms with Gasteiger partial charge in [-0.2, -0.15) is 0 Å². The maximum atomic E-state index is 11.6. The highest BCUT2D eigenvalue weighted by Crippen LogP contribution is 2.08. The Morgan fingerprint density at radius 3 is 2.94 bits per heavy atom. The van der Waals surface area contributed by atoms with Gasteiger partial charge in [-0.05, 0) is 12.1 Å². The van der Waals surface area contributed by atoms with Gasteiger partial charge in [-0.1, -0.05) is 12.1 Å². The molecule has 0 amide bonds. The fourth-order valence-corrected chi connectivity index (χ4v) is 1.59. The number of nitrogens with two attached hydrogens (primary N) is 1. The Morgan fingerprint density at radius 1 is 1.44 bits per heavy atom. The van der Waals surface area contributed by atoms with E-state index in [1.54, 1.807) is 6.07 Å². The minimum atomic E-state index is -0.719. The van der Waals surface area contributed by atoms with Gasteiger partial charge in [0.2, 0.25) is 0 Å². The van der Waals surface area contributed by atoms with Crippen molar-refractivity contribution in [3.8, 4) is 0 Å². The van der Waals surface area contributed by atoms with Crippen molar-refractivity contribution in [2.45, 2.75) is 12.6 Å². The van der Waals surface area contributed by atoms with Crippen LogP contribution in [0.1, 0.15) is 0 Å². The average molecular weight is 219 g/mol. The van der Waals surface area contributed by atoms with E-state index in [4.69, 9.17) is 5.73 Å². The zero-order valence-electron chi connectivity index (χ0n) is 8.71. The first-order chi connectivity index (χ1) is 7.72. The van der Waals surface area contributed by atoms with Crippen LogP contribution < -0.4 is 11.3 Å². The monoisotopic (exact) mass is 219 g/mol. The van der Waals surface area contributed by atoms with Crippen LogP contribution in [0.3, 0.4) is 0 Å². The second-order valence-corrected chi connectivity index (χ2v) is 3.59. The highest BCUT2D eigenvalue weighted by Gasteiger charge is 2.07. The molecule has 1 unspecified atom stereocenters. The molecule has 2 aromatic rings. The Balaban J connectivity index is 2.57. The number of para-hydroxylation sites is 2. The first-order valence-electron chi connectivity index (χ1n) is 5.05. The van der Waals surface area contributed by atoms with E-state index < -0.39 is 6.10 Å². The Hall–Kier alpha value is -1.72. The molecule has 5 nitrogen and oxygen atoms in total. The molecule has 0 radical (unpaired) electrons. The first-order valence-corrected chi connectivity index (χ1v) is 5.05. The SMILES string of the molecule is NCC(O)Cn1c(=O)cnc2ccccc21. The largest absolute Gasteiger partial charge is 0.390 e. The van der Waals surface area contributed by atoms with Crippen LogP contribution in [0.4, 0.5) is 0 Å². The molecule has 0 fully saturated rings. The van der Waals surface area contributed by atoms with Crippen molar-refractivity contribution < 1.29 is 5.11 Å². The Kier molecular flexibility index (Phi) is 2.98. The van der Waals surface area contributed by atoms with Crippen LogP contribution in [0, 0.1) is 0 Å². The normalized spacial score (nSPS) is 12.9. The lowest BCUT2D eigenvalue weighted by molar-refractivity contribution is 0.162. The fraction of sp³-hybridized carbons (Fsp3) is 0.273. The topological polar surface area (TPSA) is 81.1 Å². The summed E-state index contributed by atoms with van der Waals surface area (Å²) in [4.78, 5) is 15.7. The third kappa shape index (κ3) is 1.95. The number of rotatable bonds is 3. The summed E-state index contributed by atoms with van der Waals surface area (Å²) < 4.78 is 1.49. The summed E-state index contributed by atoms with van der Waals surface area (Å²) in [5, 5.41) is 9.49. The molecule has 0 aliphatic carbocycles. The lowest BCUT2D eigenvalue weighted by atomic mass is 10.2. The second-order valence-electron chi connectivity index (χ2n) is 3.59. The number of aliphatic hydroxyl groups excluding tert-OH is 1. The van der Waals surface area contributed by atoms with Gasteiger partial charge in [0.15, 0.2) is 0 Å². The third-order valence-electron chi connectivity index (χ3n) is 2.42. The third-order valence-corrected chi connectivity index (χ3v) is 2.42. The summed E-state index contributed by atoms with van der Waals surface area (Å²) in [5.41, 5.74) is 6.54. The molecule has 84 valence electrons. The smallest absolute Gasteiger partial charge is 0.269 e. The summed E-state index contributed by atoms with van der Waals surface area (Å²) in [7, 11) is 0. The molecule has 0 saturated heterocycles. The lowest BCUT2D eigenvalue weighted by Crippen LogP contribution is -2.31. The molecule has 0 saturated carbocycles. The maximum absolute atomic E-state index is 11.6. The van der Waals surface area contributed by atoms with Gasteiger partial charge >= 0.3 is 0 Å². The standard InChI is InChI=1S/C11H13N3O2/c12-5-8(15)7-14-10-4-2-1-3-9(10)13-6-11(14)16/h1-4,6,8,15H,5,7,12H2. The van der Waals surface area contributed by atoms with Gasteiger partial charge in [-0.25, -0.2) is 4.98 Å². The van der Waals surface area contributed by atoms with Crippen molar-refractivity contribution in [2.24, 2.45) is 5.73 Å². The van der Waals surface area contributed by atoms with Gasteiger partial charge in [0.05, 0.1) is 29.9 Å². The van der Waals surface area contributed by atoms with Crippen molar-refractivity contribution in [1.82, 2.24) is 9.55 Å². The first kappa shape index (κ1) is 10.8. The van der Waals surface area contributed by atoms with E-state index in [-0.39, 0.29) is 18.6 Å². The van der Waals surface area contributed by atoms with Crippen LogP contribution in [0.2, 0.25) is 0 Å². The van der Waals surface area contributed by atoms with Crippen LogP contribution in [0.5, 0.6) is 0 Å². The Labute approximate surface area is 92.2 Å². The molecule has 0 bridgehead atoms. The lowest BCUT2D eigenvalue weighted by Gasteiger charge is -2.12. The summed E-state index contributed by atoms with van der Waals surface area (Å²) in [6.07, 6.45) is 0.537. The van der Waals surface area contributed by atoms with Crippen LogP contribution >= 0.6 is 0 Å². The molecule has 3 N–H and O–H groups in total. The highest BCUT2D eigenvalue weighted by atomic mass is 16.3. The van der Waals surface area contributed by atoms with E-state index in [1.165, 1.54) is 10.8 Å². The van der Waals surface area contributed by atoms with Gasteiger partial charge in [0.1, 0.15) is 0 Å². The number of benzene rings is 1. The molecule has 1 atom stereocenters. The van der Waals surface area contributed by atoms with E-state index in [1.807, 2.05) is 18.2 Å². The van der Waals surface area contributed by atoms with Crippen molar-refractivity contribution in [2.75, 3.05) is 6.54 Å². The number of aromatic nitrogens is 2. The van der Waals surface area contributed by atoms with Gasteiger partial charge in [0, 0.05) is 6.54 Å². The average Bonchev–Trinajstić information content (AvgIpc) is 2.32. The van der Waals surface area contributed by atoms with Crippen molar-refractivity contribution in [3.63, 3.8) is 0 Å². The molecular weight excluding hydrogens is 206 g/mol. The summed E-state index contributed by atoms with van der Waals surface area (Å²) in [6.45, 7) is 0.321. The van der Waals surface area contributed by atoms with Crippen molar-refractivity contribution >= 4 is 11.0 Å². The van der Waals surface area contributed by atoms with E-state index >= 15 is 0 Å². The molecule has 0 aliphatic rings. The van der Waals surface area contributed by atoms with Crippen LogP contribution in [0.15, 0.2) is 35.3 Å². The molecule has 0 spiro atoms. The van der Waals surface area contributed by atoms with Crippen LogP contribution in [-0.2, 0) is 6.54 Å². The van der Waals surface area contributed by atoms with Gasteiger partial charge in [0.25, 0.3) is 5.56 Å². The van der Waals surface area contributed by atoms with E-state index in [0.717, 1.165) is 5.52 Å². The molecule has 16 heavy (non-hydrogen) atoms. The minimum absolute atomic E-state index is 0.128. The zero-order valence-corrected chi connectivity index (χ0v) is 8.71. The van der Waals surface area contributed by atoms with E-state index in [2.05, 4.69) is 4.98 Å². The zero-order chi connectivity index (χ0) is 11.5. The van der Waals surface area contributed by atoms with E-state index in [9.17, 15) is 9.90 Å². The quantitative estimate of drug-likeness (QED) is 0.743. The number of hydrogen-bond donors (Lipinski definition) is 2. The molecule has 1 aromatic heterocycles. The summed E-state index contributed by atoms with van der Waals surface area (Å²) in [5.74, 6) is 0. The van der Waals surface area contributed by atoms with Gasteiger partial charge in [-0.15, -0.1) is 0 Å². The Bertz CT molecular complexity index is 550.